The van der Waals surface area contributed by atoms with E-state index in [-0.39, 0.29) is 0 Å². The van der Waals surface area contributed by atoms with Crippen molar-refractivity contribution in [2.45, 2.75) is 31.9 Å². The third-order valence-corrected chi connectivity index (χ3v) is 5.92. The number of benzene rings is 2. The van der Waals surface area contributed by atoms with Crippen molar-refractivity contribution in [2.75, 3.05) is 33.9 Å². The number of nitrogens with zero attached hydrogens (tertiary/aromatic N) is 3. The summed E-state index contributed by atoms with van der Waals surface area (Å²) in [6.45, 7) is 4.63. The fourth-order valence-corrected chi connectivity index (χ4v) is 4.40. The molecule has 6 nitrogen and oxygen atoms in total. The van der Waals surface area contributed by atoms with Crippen LogP contribution >= 0.6 is 0 Å². The summed E-state index contributed by atoms with van der Waals surface area (Å²) < 4.78 is 13.0. The van der Waals surface area contributed by atoms with Crippen molar-refractivity contribution in [1.82, 2.24) is 14.5 Å². The van der Waals surface area contributed by atoms with Gasteiger partial charge in [-0.1, -0.05) is 18.2 Å². The summed E-state index contributed by atoms with van der Waals surface area (Å²) in [4.78, 5) is 7.05. The highest BCUT2D eigenvalue weighted by Crippen LogP contribution is 2.32. The molecule has 2 aromatic carbocycles. The van der Waals surface area contributed by atoms with E-state index >= 15 is 0 Å². The van der Waals surface area contributed by atoms with E-state index in [1.54, 1.807) is 14.2 Å². The minimum absolute atomic E-state index is 0.455. The first-order valence-electron chi connectivity index (χ1n) is 10.2. The van der Waals surface area contributed by atoms with E-state index in [4.69, 9.17) is 14.5 Å². The van der Waals surface area contributed by atoms with E-state index in [0.717, 1.165) is 42.8 Å². The van der Waals surface area contributed by atoms with Crippen LogP contribution in [0.3, 0.4) is 0 Å². The summed E-state index contributed by atoms with van der Waals surface area (Å²) in [7, 11) is 3.23. The lowest BCUT2D eigenvalue weighted by molar-refractivity contribution is 0.0906. The summed E-state index contributed by atoms with van der Waals surface area (Å²) >= 11 is 0. The summed E-state index contributed by atoms with van der Waals surface area (Å²) in [5.41, 5.74) is 3.13. The van der Waals surface area contributed by atoms with Gasteiger partial charge in [0.1, 0.15) is 5.82 Å². The molecule has 0 bridgehead atoms. The molecule has 1 aliphatic heterocycles. The highest BCUT2D eigenvalue weighted by Gasteiger charge is 2.25. The molecule has 3 aromatic rings. The molecule has 2 heterocycles. The second kappa shape index (κ2) is 8.43. The number of methoxy groups -OCH3 is 2. The maximum absolute atomic E-state index is 10.7. The zero-order chi connectivity index (χ0) is 20.4. The van der Waals surface area contributed by atoms with E-state index in [0.29, 0.717) is 24.1 Å². The standard InChI is InChI=1S/C23H29N3O3/c1-16-24-19-6-4-5-7-20(19)26(16)18-10-12-25(13-11-18)15-21(27)17-8-9-22(28-2)23(14-17)29-3/h4-9,14,18,21,27H,10-13,15H2,1-3H3. The first-order valence-corrected chi connectivity index (χ1v) is 10.2. The van der Waals surface area contributed by atoms with E-state index in [1.165, 1.54) is 5.52 Å². The Morgan fingerprint density at radius 3 is 2.52 bits per heavy atom. The predicted octanol–water partition coefficient (Wildman–Crippen LogP) is 3.73. The van der Waals surface area contributed by atoms with Crippen LogP contribution in [0.15, 0.2) is 42.5 Å². The summed E-state index contributed by atoms with van der Waals surface area (Å²) in [5, 5.41) is 10.7. The zero-order valence-electron chi connectivity index (χ0n) is 17.3. The number of likely N-dealkylation sites (tertiary alicyclic amines) is 1. The number of aliphatic hydroxyl groups is 1. The van der Waals surface area contributed by atoms with Gasteiger partial charge in [-0.15, -0.1) is 0 Å². The van der Waals surface area contributed by atoms with Gasteiger partial charge in [-0.05, 0) is 49.6 Å². The maximum atomic E-state index is 10.7. The fourth-order valence-electron chi connectivity index (χ4n) is 4.40. The van der Waals surface area contributed by atoms with Crippen LogP contribution in [-0.4, -0.2) is 53.4 Å². The van der Waals surface area contributed by atoms with E-state index in [9.17, 15) is 5.11 Å². The molecular formula is C23H29N3O3. The monoisotopic (exact) mass is 395 g/mol. The van der Waals surface area contributed by atoms with Gasteiger partial charge in [-0.25, -0.2) is 4.98 Å². The normalized spacial score (nSPS) is 16.8. The highest BCUT2D eigenvalue weighted by molar-refractivity contribution is 5.76. The van der Waals surface area contributed by atoms with Crippen LogP contribution in [-0.2, 0) is 0 Å². The summed E-state index contributed by atoms with van der Waals surface area (Å²) in [5.74, 6) is 2.40. The van der Waals surface area contributed by atoms with Crippen LogP contribution < -0.4 is 9.47 Å². The van der Waals surface area contributed by atoms with Crippen LogP contribution in [0.4, 0.5) is 0 Å². The average molecular weight is 396 g/mol. The molecule has 1 aliphatic rings. The Balaban J connectivity index is 1.40. The topological polar surface area (TPSA) is 59.8 Å². The Labute approximate surface area is 171 Å². The van der Waals surface area contributed by atoms with Gasteiger partial charge >= 0.3 is 0 Å². The van der Waals surface area contributed by atoms with Crippen LogP contribution in [0.5, 0.6) is 11.5 Å². The number of imidazole rings is 1. The largest absolute Gasteiger partial charge is 0.493 e. The van der Waals surface area contributed by atoms with E-state index in [2.05, 4.69) is 34.6 Å². The minimum Gasteiger partial charge on any atom is -0.493 e. The number of ether oxygens (including phenoxy) is 2. The SMILES string of the molecule is COc1ccc(C(O)CN2CCC(n3c(C)nc4ccccc43)CC2)cc1OC. The molecule has 1 atom stereocenters. The highest BCUT2D eigenvalue weighted by atomic mass is 16.5. The van der Waals surface area contributed by atoms with Gasteiger partial charge in [0, 0.05) is 25.7 Å². The van der Waals surface area contributed by atoms with Gasteiger partial charge in [0.05, 0.1) is 31.4 Å². The van der Waals surface area contributed by atoms with Crippen molar-refractivity contribution in [2.24, 2.45) is 0 Å². The maximum Gasteiger partial charge on any atom is 0.161 e. The van der Waals surface area contributed by atoms with E-state index < -0.39 is 6.10 Å². The molecule has 1 fully saturated rings. The smallest absolute Gasteiger partial charge is 0.161 e. The van der Waals surface area contributed by atoms with Crippen molar-refractivity contribution in [3.8, 4) is 11.5 Å². The molecule has 0 saturated carbocycles. The van der Waals surface area contributed by atoms with Gasteiger partial charge in [0.25, 0.3) is 0 Å². The number of rotatable bonds is 6. The molecule has 0 aliphatic carbocycles. The molecule has 1 aromatic heterocycles. The van der Waals surface area contributed by atoms with Crippen molar-refractivity contribution >= 4 is 11.0 Å². The molecular weight excluding hydrogens is 366 g/mol. The third-order valence-electron chi connectivity index (χ3n) is 5.92. The first-order chi connectivity index (χ1) is 14.1. The molecule has 1 N–H and O–H groups in total. The molecule has 0 radical (unpaired) electrons. The van der Waals surface area contributed by atoms with E-state index in [1.807, 2.05) is 24.3 Å². The van der Waals surface area contributed by atoms with Crippen LogP contribution in [0, 0.1) is 6.92 Å². The molecule has 0 spiro atoms. The molecule has 154 valence electrons. The lowest BCUT2D eigenvalue weighted by Crippen LogP contribution is -2.37. The number of hydrogen-bond acceptors (Lipinski definition) is 5. The van der Waals surface area contributed by atoms with Crippen molar-refractivity contribution in [3.63, 3.8) is 0 Å². The average Bonchev–Trinajstić information content (AvgIpc) is 3.09. The number of aliphatic hydroxyl groups excluding tert-OH is 1. The van der Waals surface area contributed by atoms with Crippen LogP contribution in [0.25, 0.3) is 11.0 Å². The van der Waals surface area contributed by atoms with Crippen molar-refractivity contribution in [3.05, 3.63) is 53.9 Å². The Bertz CT molecular complexity index is 977. The number of β-amino-alcohol motifs (C(OH)–C–C–N with tert-alkyl or cyclic N) is 1. The van der Waals surface area contributed by atoms with Crippen molar-refractivity contribution < 1.29 is 14.6 Å². The molecule has 4 rings (SSSR count). The van der Waals surface area contributed by atoms with Crippen molar-refractivity contribution in [1.29, 1.82) is 0 Å². The van der Waals surface area contributed by atoms with Gasteiger partial charge in [-0.2, -0.15) is 0 Å². The molecule has 29 heavy (non-hydrogen) atoms. The predicted molar refractivity (Wildman–Crippen MR) is 114 cm³/mol. The molecule has 1 saturated heterocycles. The second-order valence-corrected chi connectivity index (χ2v) is 7.68. The number of piperidine rings is 1. The molecule has 1 unspecified atom stereocenters. The number of para-hydroxylation sites is 2. The quantitative estimate of drug-likeness (QED) is 0.689. The Kier molecular flexibility index (Phi) is 5.74. The lowest BCUT2D eigenvalue weighted by atomic mass is 10.0. The van der Waals surface area contributed by atoms with Gasteiger partial charge in [0.15, 0.2) is 11.5 Å². The van der Waals surface area contributed by atoms with Gasteiger partial charge < -0.3 is 24.0 Å². The number of fused-ring (bicyclic) bond motifs is 1. The summed E-state index contributed by atoms with van der Waals surface area (Å²) in [6, 6.07) is 14.4. The number of aromatic nitrogens is 2. The fraction of sp³-hybridized carbons (Fsp3) is 0.435. The minimum atomic E-state index is -0.554. The van der Waals surface area contributed by atoms with Gasteiger partial charge in [0.2, 0.25) is 0 Å². The Morgan fingerprint density at radius 1 is 1.07 bits per heavy atom. The molecule has 0 amide bonds. The second-order valence-electron chi connectivity index (χ2n) is 7.68. The lowest BCUT2D eigenvalue weighted by Gasteiger charge is -2.34. The number of hydrogen-bond donors (Lipinski definition) is 1. The number of aryl methyl sites for hydroxylation is 1. The zero-order valence-corrected chi connectivity index (χ0v) is 17.3. The Morgan fingerprint density at radius 2 is 1.79 bits per heavy atom. The summed E-state index contributed by atoms with van der Waals surface area (Å²) in [6.07, 6.45) is 1.56. The molecule has 6 heteroatoms. The van der Waals surface area contributed by atoms with Crippen LogP contribution in [0.2, 0.25) is 0 Å². The van der Waals surface area contributed by atoms with Gasteiger partial charge in [-0.3, -0.25) is 0 Å². The van der Waals surface area contributed by atoms with Crippen LogP contribution in [0.1, 0.15) is 36.4 Å². The third kappa shape index (κ3) is 3.95. The first kappa shape index (κ1) is 19.7. The Hall–Kier alpha value is -2.57.